The van der Waals surface area contributed by atoms with Gasteiger partial charge in [0.1, 0.15) is 5.75 Å². The van der Waals surface area contributed by atoms with Crippen LogP contribution in [0.4, 0.5) is 0 Å². The van der Waals surface area contributed by atoms with E-state index < -0.39 is 0 Å². The lowest BCUT2D eigenvalue weighted by atomic mass is 10.2. The fraction of sp³-hybridized carbons (Fsp3) is 0.333. The predicted molar refractivity (Wildman–Crippen MR) is 61.4 cm³/mol. The molecule has 1 aromatic heterocycles. The SMILES string of the molecule is C#CCNCC(=O)c1cncc(OCC)c1. The zero-order valence-corrected chi connectivity index (χ0v) is 9.19. The van der Waals surface area contributed by atoms with Gasteiger partial charge in [-0.15, -0.1) is 6.42 Å². The Morgan fingerprint density at radius 3 is 3.12 bits per heavy atom. The quantitative estimate of drug-likeness (QED) is 0.437. The molecule has 4 nitrogen and oxygen atoms in total. The van der Waals surface area contributed by atoms with Gasteiger partial charge in [-0.2, -0.15) is 0 Å². The molecule has 4 heteroatoms. The molecule has 1 N–H and O–H groups in total. The molecule has 0 aliphatic rings. The monoisotopic (exact) mass is 218 g/mol. The van der Waals surface area contributed by atoms with E-state index in [2.05, 4.69) is 16.2 Å². The zero-order chi connectivity index (χ0) is 11.8. The number of carbonyl (C=O) groups is 1. The van der Waals surface area contributed by atoms with E-state index in [-0.39, 0.29) is 12.3 Å². The summed E-state index contributed by atoms with van der Waals surface area (Å²) in [4.78, 5) is 15.6. The van der Waals surface area contributed by atoms with Crippen LogP contribution in [0.5, 0.6) is 5.75 Å². The van der Waals surface area contributed by atoms with Crippen LogP contribution in [0.15, 0.2) is 18.5 Å². The molecule has 0 atom stereocenters. The highest BCUT2D eigenvalue weighted by molar-refractivity contribution is 5.97. The van der Waals surface area contributed by atoms with Gasteiger partial charge in [0.15, 0.2) is 5.78 Å². The van der Waals surface area contributed by atoms with Crippen LogP contribution in [0.3, 0.4) is 0 Å². The Kier molecular flexibility index (Phi) is 5.03. The highest BCUT2D eigenvalue weighted by Crippen LogP contribution is 2.11. The van der Waals surface area contributed by atoms with E-state index >= 15 is 0 Å². The van der Waals surface area contributed by atoms with Gasteiger partial charge >= 0.3 is 0 Å². The van der Waals surface area contributed by atoms with Crippen LogP contribution in [-0.4, -0.2) is 30.5 Å². The van der Waals surface area contributed by atoms with Gasteiger partial charge in [-0.25, -0.2) is 0 Å². The van der Waals surface area contributed by atoms with E-state index in [1.165, 1.54) is 6.20 Å². The number of nitrogens with zero attached hydrogens (tertiary/aromatic N) is 1. The van der Waals surface area contributed by atoms with Crippen LogP contribution in [0.2, 0.25) is 0 Å². The number of carbonyl (C=O) groups excluding carboxylic acids is 1. The molecule has 0 aliphatic heterocycles. The molecule has 0 saturated carbocycles. The summed E-state index contributed by atoms with van der Waals surface area (Å²) < 4.78 is 5.25. The van der Waals surface area contributed by atoms with Gasteiger partial charge in [-0.1, -0.05) is 5.92 Å². The first-order chi connectivity index (χ1) is 7.77. The number of rotatable bonds is 6. The third-order valence-corrected chi connectivity index (χ3v) is 1.86. The maximum Gasteiger partial charge on any atom is 0.178 e. The molecular formula is C12H14N2O2. The Balaban J connectivity index is 2.61. The van der Waals surface area contributed by atoms with Crippen molar-refractivity contribution in [3.8, 4) is 18.1 Å². The number of terminal acetylenes is 1. The molecule has 16 heavy (non-hydrogen) atoms. The number of pyridine rings is 1. The fourth-order valence-electron chi connectivity index (χ4n) is 1.17. The van der Waals surface area contributed by atoms with Gasteiger partial charge in [0.05, 0.1) is 25.9 Å². The van der Waals surface area contributed by atoms with Gasteiger partial charge in [0.2, 0.25) is 0 Å². The molecule has 0 radical (unpaired) electrons. The van der Waals surface area contributed by atoms with Crippen molar-refractivity contribution in [2.45, 2.75) is 6.92 Å². The van der Waals surface area contributed by atoms with E-state index in [4.69, 9.17) is 11.2 Å². The van der Waals surface area contributed by atoms with E-state index in [0.717, 1.165) is 0 Å². The molecule has 0 amide bonds. The van der Waals surface area contributed by atoms with Crippen LogP contribution < -0.4 is 10.1 Å². The van der Waals surface area contributed by atoms with Crippen LogP contribution in [0.1, 0.15) is 17.3 Å². The summed E-state index contributed by atoms with van der Waals surface area (Å²) in [5.74, 6) is 2.95. The lowest BCUT2D eigenvalue weighted by Gasteiger charge is -2.04. The first-order valence-electron chi connectivity index (χ1n) is 5.03. The topological polar surface area (TPSA) is 51.2 Å². The van der Waals surface area contributed by atoms with Crippen molar-refractivity contribution in [2.75, 3.05) is 19.7 Å². The molecule has 0 saturated heterocycles. The molecule has 0 aliphatic carbocycles. The second-order valence-electron chi connectivity index (χ2n) is 3.07. The van der Waals surface area contributed by atoms with Crippen LogP contribution in [0, 0.1) is 12.3 Å². The number of Topliss-reactive ketones (excluding diaryl/α,β-unsaturated/α-hetero) is 1. The Morgan fingerprint density at radius 1 is 1.62 bits per heavy atom. The number of ketones is 1. The standard InChI is InChI=1S/C12H14N2O2/c1-3-5-13-9-12(15)10-6-11(16-4-2)8-14-7-10/h1,6-8,13H,4-5,9H2,2H3. The largest absolute Gasteiger partial charge is 0.492 e. The van der Waals surface area contributed by atoms with Crippen molar-refractivity contribution in [3.05, 3.63) is 24.0 Å². The van der Waals surface area contributed by atoms with Crippen LogP contribution in [-0.2, 0) is 0 Å². The summed E-state index contributed by atoms with van der Waals surface area (Å²) in [6.45, 7) is 3.02. The Hall–Kier alpha value is -1.86. The minimum atomic E-state index is -0.0516. The summed E-state index contributed by atoms with van der Waals surface area (Å²) in [7, 11) is 0. The van der Waals surface area contributed by atoms with Crippen LogP contribution >= 0.6 is 0 Å². The van der Waals surface area contributed by atoms with Crippen molar-refractivity contribution in [3.63, 3.8) is 0 Å². The van der Waals surface area contributed by atoms with E-state index in [1.807, 2.05) is 6.92 Å². The normalized spacial score (nSPS) is 9.50. The van der Waals surface area contributed by atoms with Crippen molar-refractivity contribution >= 4 is 5.78 Å². The van der Waals surface area contributed by atoms with E-state index in [0.29, 0.717) is 24.5 Å². The minimum Gasteiger partial charge on any atom is -0.492 e. The summed E-state index contributed by atoms with van der Waals surface area (Å²) in [6.07, 6.45) is 8.16. The second-order valence-corrected chi connectivity index (χ2v) is 3.07. The molecule has 84 valence electrons. The van der Waals surface area contributed by atoms with Crippen molar-refractivity contribution in [1.29, 1.82) is 0 Å². The van der Waals surface area contributed by atoms with E-state index in [9.17, 15) is 4.79 Å². The average molecular weight is 218 g/mol. The molecule has 1 rings (SSSR count). The lowest BCUT2D eigenvalue weighted by molar-refractivity contribution is 0.0991. The number of hydrogen-bond donors (Lipinski definition) is 1. The summed E-state index contributed by atoms with van der Waals surface area (Å²) in [6, 6.07) is 1.68. The Labute approximate surface area is 95.0 Å². The maximum absolute atomic E-state index is 11.6. The number of ether oxygens (including phenoxy) is 1. The van der Waals surface area contributed by atoms with Crippen LogP contribution in [0.25, 0.3) is 0 Å². The fourth-order valence-corrected chi connectivity index (χ4v) is 1.17. The average Bonchev–Trinajstić information content (AvgIpc) is 2.30. The first kappa shape index (κ1) is 12.2. The second kappa shape index (κ2) is 6.59. The van der Waals surface area contributed by atoms with Gasteiger partial charge in [-0.05, 0) is 13.0 Å². The van der Waals surface area contributed by atoms with Gasteiger partial charge in [0.25, 0.3) is 0 Å². The smallest absolute Gasteiger partial charge is 0.178 e. The Bertz CT molecular complexity index is 396. The lowest BCUT2D eigenvalue weighted by Crippen LogP contribution is -2.23. The molecule has 0 bridgehead atoms. The van der Waals surface area contributed by atoms with Crippen molar-refractivity contribution < 1.29 is 9.53 Å². The summed E-state index contributed by atoms with van der Waals surface area (Å²) in [5, 5.41) is 2.83. The molecule has 0 spiro atoms. The van der Waals surface area contributed by atoms with Crippen molar-refractivity contribution in [1.82, 2.24) is 10.3 Å². The van der Waals surface area contributed by atoms with Gasteiger partial charge in [-0.3, -0.25) is 15.1 Å². The highest BCUT2D eigenvalue weighted by atomic mass is 16.5. The third kappa shape index (κ3) is 3.71. The predicted octanol–water partition coefficient (Wildman–Crippen LogP) is 0.886. The summed E-state index contributed by atoms with van der Waals surface area (Å²) >= 11 is 0. The summed E-state index contributed by atoms with van der Waals surface area (Å²) in [5.41, 5.74) is 0.524. The molecule has 1 aromatic rings. The first-order valence-corrected chi connectivity index (χ1v) is 5.03. The molecule has 1 heterocycles. The molecule has 0 unspecified atom stereocenters. The maximum atomic E-state index is 11.6. The number of aromatic nitrogens is 1. The molecule has 0 aromatic carbocycles. The number of nitrogens with one attached hydrogen (secondary N) is 1. The Morgan fingerprint density at radius 2 is 2.44 bits per heavy atom. The number of hydrogen-bond acceptors (Lipinski definition) is 4. The molecule has 0 fully saturated rings. The van der Waals surface area contributed by atoms with Gasteiger partial charge in [0, 0.05) is 11.8 Å². The zero-order valence-electron chi connectivity index (χ0n) is 9.19. The van der Waals surface area contributed by atoms with E-state index in [1.54, 1.807) is 12.3 Å². The third-order valence-electron chi connectivity index (χ3n) is 1.86. The highest BCUT2D eigenvalue weighted by Gasteiger charge is 2.06. The van der Waals surface area contributed by atoms with Crippen molar-refractivity contribution in [2.24, 2.45) is 0 Å². The minimum absolute atomic E-state index is 0.0516. The molecular weight excluding hydrogens is 204 g/mol. The van der Waals surface area contributed by atoms with Gasteiger partial charge < -0.3 is 4.74 Å².